The summed E-state index contributed by atoms with van der Waals surface area (Å²) in [6, 6.07) is 2.25. The van der Waals surface area contributed by atoms with Gasteiger partial charge in [-0.15, -0.1) is 0 Å². The molecular formula is C12H13BrFN3O4. The van der Waals surface area contributed by atoms with E-state index in [9.17, 15) is 19.3 Å². The van der Waals surface area contributed by atoms with Crippen molar-refractivity contribution in [3.63, 3.8) is 0 Å². The Bertz CT molecular complexity index is 584. The Balaban J connectivity index is 2.21. The summed E-state index contributed by atoms with van der Waals surface area (Å²) in [6.45, 7) is 0.735. The first-order valence-corrected chi connectivity index (χ1v) is 6.98. The topological polar surface area (TPSA) is 84.7 Å². The van der Waals surface area contributed by atoms with E-state index in [1.807, 2.05) is 0 Å². The summed E-state index contributed by atoms with van der Waals surface area (Å²) in [5.74, 6) is -0.578. The minimum Gasteiger partial charge on any atom is -0.444 e. The molecule has 0 saturated carbocycles. The first kappa shape index (κ1) is 15.5. The molecule has 1 heterocycles. The Morgan fingerprint density at radius 2 is 2.33 bits per heavy atom. The van der Waals surface area contributed by atoms with Gasteiger partial charge in [0, 0.05) is 32.1 Å². The standard InChI is InChI=1S/C12H13BrFN3O4/c1-15-12(18)21-7-2-3-16(6-7)10-5-9(14)8(13)4-11(10)17(19)20/h4-5,7H,2-3,6H2,1H3,(H,15,18). The van der Waals surface area contributed by atoms with Gasteiger partial charge in [-0.3, -0.25) is 10.1 Å². The van der Waals surface area contributed by atoms with Crippen LogP contribution in [0.1, 0.15) is 6.42 Å². The highest BCUT2D eigenvalue weighted by Crippen LogP contribution is 2.35. The Labute approximate surface area is 128 Å². The van der Waals surface area contributed by atoms with Gasteiger partial charge in [0.2, 0.25) is 0 Å². The van der Waals surface area contributed by atoms with Crippen molar-refractivity contribution in [1.82, 2.24) is 5.32 Å². The number of amides is 1. The number of rotatable bonds is 3. The quantitative estimate of drug-likeness (QED) is 0.660. The third-order valence-corrected chi connectivity index (χ3v) is 3.79. The van der Waals surface area contributed by atoms with Crippen LogP contribution in [0.5, 0.6) is 0 Å². The predicted molar refractivity (Wildman–Crippen MR) is 76.9 cm³/mol. The number of carbonyl (C=O) groups excluding carboxylic acids is 1. The zero-order valence-electron chi connectivity index (χ0n) is 11.1. The molecule has 1 N–H and O–H groups in total. The molecule has 1 aromatic rings. The smallest absolute Gasteiger partial charge is 0.407 e. The predicted octanol–water partition coefficient (Wildman–Crippen LogP) is 2.43. The Hall–Kier alpha value is -1.90. The molecule has 7 nitrogen and oxygen atoms in total. The lowest BCUT2D eigenvalue weighted by Gasteiger charge is -2.19. The molecule has 1 aliphatic heterocycles. The fourth-order valence-corrected chi connectivity index (χ4v) is 2.51. The maximum atomic E-state index is 13.6. The van der Waals surface area contributed by atoms with Crippen molar-refractivity contribution < 1.29 is 18.8 Å². The van der Waals surface area contributed by atoms with Crippen LogP contribution in [0.3, 0.4) is 0 Å². The zero-order chi connectivity index (χ0) is 15.6. The minimum atomic E-state index is -0.578. The molecule has 114 valence electrons. The second kappa shape index (κ2) is 6.25. The van der Waals surface area contributed by atoms with Crippen LogP contribution in [0.4, 0.5) is 20.6 Å². The van der Waals surface area contributed by atoms with Gasteiger partial charge in [-0.1, -0.05) is 0 Å². The van der Waals surface area contributed by atoms with Gasteiger partial charge in [0.05, 0.1) is 15.9 Å². The Kier molecular flexibility index (Phi) is 4.61. The van der Waals surface area contributed by atoms with Crippen LogP contribution in [-0.2, 0) is 4.74 Å². The van der Waals surface area contributed by atoms with E-state index in [2.05, 4.69) is 21.2 Å². The van der Waals surface area contributed by atoms with E-state index in [-0.39, 0.29) is 28.5 Å². The van der Waals surface area contributed by atoms with Crippen LogP contribution in [-0.4, -0.2) is 37.3 Å². The fourth-order valence-electron chi connectivity index (χ4n) is 2.18. The number of hydrogen-bond acceptors (Lipinski definition) is 5. The molecule has 0 aromatic heterocycles. The number of anilines is 1. The number of nitro benzene ring substituents is 1. The maximum absolute atomic E-state index is 13.6. The average molecular weight is 362 g/mol. The Morgan fingerprint density at radius 3 is 2.95 bits per heavy atom. The molecule has 1 aliphatic rings. The van der Waals surface area contributed by atoms with Crippen LogP contribution < -0.4 is 10.2 Å². The van der Waals surface area contributed by atoms with Gasteiger partial charge in [0.25, 0.3) is 5.69 Å². The summed E-state index contributed by atoms with van der Waals surface area (Å²) < 4.78 is 18.8. The summed E-state index contributed by atoms with van der Waals surface area (Å²) >= 11 is 2.94. The van der Waals surface area contributed by atoms with Gasteiger partial charge < -0.3 is 15.0 Å². The molecule has 1 aromatic carbocycles. The van der Waals surface area contributed by atoms with Crippen molar-refractivity contribution in [2.24, 2.45) is 0 Å². The molecule has 21 heavy (non-hydrogen) atoms. The summed E-state index contributed by atoms with van der Waals surface area (Å²) in [5, 5.41) is 13.4. The first-order chi connectivity index (χ1) is 9.92. The van der Waals surface area contributed by atoms with Crippen molar-refractivity contribution in [3.05, 3.63) is 32.5 Å². The Morgan fingerprint density at radius 1 is 1.62 bits per heavy atom. The number of nitro groups is 1. The van der Waals surface area contributed by atoms with Gasteiger partial charge in [0.1, 0.15) is 17.6 Å². The van der Waals surface area contributed by atoms with Crippen molar-refractivity contribution in [2.45, 2.75) is 12.5 Å². The number of halogens is 2. The van der Waals surface area contributed by atoms with Crippen molar-refractivity contribution >= 4 is 33.4 Å². The third-order valence-electron chi connectivity index (χ3n) is 3.18. The molecular weight excluding hydrogens is 349 g/mol. The molecule has 0 aliphatic carbocycles. The van der Waals surface area contributed by atoms with Crippen LogP contribution in [0.25, 0.3) is 0 Å². The molecule has 2 rings (SSSR count). The summed E-state index contributed by atoms with van der Waals surface area (Å²) in [5.41, 5.74) is -0.00688. The highest BCUT2D eigenvalue weighted by molar-refractivity contribution is 9.10. The van der Waals surface area contributed by atoms with E-state index in [4.69, 9.17) is 4.74 Å². The summed E-state index contributed by atoms with van der Waals surface area (Å²) in [6.07, 6.45) is -0.406. The van der Waals surface area contributed by atoms with Gasteiger partial charge in [0.15, 0.2) is 0 Å². The van der Waals surface area contributed by atoms with E-state index in [1.54, 1.807) is 4.90 Å². The van der Waals surface area contributed by atoms with Gasteiger partial charge in [-0.25, -0.2) is 9.18 Å². The first-order valence-electron chi connectivity index (χ1n) is 6.19. The molecule has 0 spiro atoms. The number of hydrogen-bond donors (Lipinski definition) is 1. The van der Waals surface area contributed by atoms with Gasteiger partial charge in [-0.2, -0.15) is 0 Å². The second-order valence-electron chi connectivity index (χ2n) is 4.52. The number of nitrogens with one attached hydrogen (secondary N) is 1. The lowest BCUT2D eigenvalue weighted by molar-refractivity contribution is -0.384. The highest BCUT2D eigenvalue weighted by atomic mass is 79.9. The number of benzene rings is 1. The number of nitrogens with zero attached hydrogens (tertiary/aromatic N) is 2. The van der Waals surface area contributed by atoms with Crippen LogP contribution in [0, 0.1) is 15.9 Å². The summed E-state index contributed by atoms with van der Waals surface area (Å²) in [4.78, 5) is 23.3. The molecule has 9 heteroatoms. The molecule has 1 amide bonds. The zero-order valence-corrected chi connectivity index (χ0v) is 12.7. The number of ether oxygens (including phenoxy) is 1. The van der Waals surface area contributed by atoms with Crippen LogP contribution in [0.15, 0.2) is 16.6 Å². The van der Waals surface area contributed by atoms with Crippen LogP contribution >= 0.6 is 15.9 Å². The van der Waals surface area contributed by atoms with Crippen molar-refractivity contribution in [2.75, 3.05) is 25.0 Å². The molecule has 1 atom stereocenters. The lowest BCUT2D eigenvalue weighted by atomic mass is 10.2. The highest BCUT2D eigenvalue weighted by Gasteiger charge is 2.30. The van der Waals surface area contributed by atoms with E-state index < -0.39 is 16.8 Å². The van der Waals surface area contributed by atoms with Crippen LogP contribution in [0.2, 0.25) is 0 Å². The maximum Gasteiger partial charge on any atom is 0.407 e. The molecule has 1 unspecified atom stereocenters. The fraction of sp³-hybridized carbons (Fsp3) is 0.417. The van der Waals surface area contributed by atoms with Gasteiger partial charge >= 0.3 is 6.09 Å². The SMILES string of the molecule is CNC(=O)OC1CCN(c2cc(F)c(Br)cc2[N+](=O)[O-])C1. The third kappa shape index (κ3) is 3.41. The average Bonchev–Trinajstić information content (AvgIpc) is 2.89. The monoisotopic (exact) mass is 361 g/mol. The molecule has 1 fully saturated rings. The van der Waals surface area contributed by atoms with Gasteiger partial charge in [-0.05, 0) is 15.9 Å². The largest absolute Gasteiger partial charge is 0.444 e. The normalized spacial score (nSPS) is 17.7. The van der Waals surface area contributed by atoms with E-state index in [1.165, 1.54) is 7.05 Å². The number of alkyl carbamates (subject to hydrolysis) is 1. The van der Waals surface area contributed by atoms with Crippen molar-refractivity contribution in [1.29, 1.82) is 0 Å². The molecule has 1 saturated heterocycles. The lowest BCUT2D eigenvalue weighted by Crippen LogP contribution is -2.29. The minimum absolute atomic E-state index is 0.0373. The van der Waals surface area contributed by atoms with E-state index in [0.717, 1.165) is 12.1 Å². The molecule has 0 radical (unpaired) electrons. The van der Waals surface area contributed by atoms with E-state index in [0.29, 0.717) is 13.0 Å². The summed E-state index contributed by atoms with van der Waals surface area (Å²) in [7, 11) is 1.45. The number of carbonyl (C=O) groups is 1. The van der Waals surface area contributed by atoms with Crippen molar-refractivity contribution in [3.8, 4) is 0 Å². The van der Waals surface area contributed by atoms with E-state index >= 15 is 0 Å². The second-order valence-corrected chi connectivity index (χ2v) is 5.38. The molecule has 0 bridgehead atoms.